The molecule has 4 amide bonds. The van der Waals surface area contributed by atoms with E-state index in [0.29, 0.717) is 0 Å². The van der Waals surface area contributed by atoms with Gasteiger partial charge >= 0.3 is 30.2 Å². The normalized spacial score (nSPS) is 13.5. The Bertz CT molecular complexity index is 488. The summed E-state index contributed by atoms with van der Waals surface area (Å²) in [6, 6.07) is -1.88. The maximum absolute atomic E-state index is 12.7. The van der Waals surface area contributed by atoms with Gasteiger partial charge in [0.25, 0.3) is 0 Å². The molecule has 5 nitrogen and oxygen atoms in total. The van der Waals surface area contributed by atoms with Crippen molar-refractivity contribution in [3.05, 3.63) is 0 Å². The average Bonchev–Trinajstić information content (AvgIpc) is 2.22. The molecule has 24 heavy (non-hydrogen) atoms. The summed E-state index contributed by atoms with van der Waals surface area (Å²) in [7, 11) is -6.79. The van der Waals surface area contributed by atoms with Gasteiger partial charge in [0.05, 0.1) is 0 Å². The molecule has 0 aromatic carbocycles. The second kappa shape index (κ2) is 6.50. The lowest BCUT2D eigenvalue weighted by Gasteiger charge is -2.40. The first-order valence-corrected chi connectivity index (χ1v) is 13.5. The first kappa shape index (κ1) is 22.6. The van der Waals surface area contributed by atoms with Crippen molar-refractivity contribution in [3.63, 3.8) is 0 Å². The second-order valence-electron chi connectivity index (χ2n) is 6.90. The molecule has 0 heterocycles. The predicted octanol–water partition coefficient (Wildman–Crippen LogP) is 3.56. The standard InChI is InChI=1S/C11H18F6N2O3Si2/c1-23(2,3)18(7(20)10(12,13)14)9(22)19(24(4,5)6)8(21)11(15,16)17/h1-6H3. The molecule has 0 unspecified atom stereocenters. The number of imide groups is 2. The van der Waals surface area contributed by atoms with Crippen LogP contribution in [0, 0.1) is 0 Å². The summed E-state index contributed by atoms with van der Waals surface area (Å²) in [5.74, 6) is -5.16. The van der Waals surface area contributed by atoms with E-state index in [4.69, 9.17) is 0 Å². The zero-order chi connectivity index (χ0) is 19.9. The Morgan fingerprint density at radius 2 is 0.833 bits per heavy atom. The monoisotopic (exact) mass is 396 g/mol. The molecule has 13 heteroatoms. The zero-order valence-corrected chi connectivity index (χ0v) is 15.9. The van der Waals surface area contributed by atoms with Crippen molar-refractivity contribution >= 4 is 34.3 Å². The summed E-state index contributed by atoms with van der Waals surface area (Å²) in [4.78, 5) is 35.5. The maximum atomic E-state index is 12.7. The minimum Gasteiger partial charge on any atom is -0.287 e. The van der Waals surface area contributed by atoms with Crippen LogP contribution in [0.1, 0.15) is 0 Å². The number of carbonyl (C=O) groups is 3. The number of amides is 4. The van der Waals surface area contributed by atoms with Crippen LogP contribution in [0.15, 0.2) is 0 Å². The van der Waals surface area contributed by atoms with Gasteiger partial charge in [-0.25, -0.2) is 4.79 Å². The van der Waals surface area contributed by atoms with E-state index in [1.165, 1.54) is 39.3 Å². The van der Waals surface area contributed by atoms with Gasteiger partial charge in [0.1, 0.15) is 0 Å². The molecule has 0 N–H and O–H groups in total. The van der Waals surface area contributed by atoms with Gasteiger partial charge in [-0.3, -0.25) is 18.7 Å². The Kier molecular flexibility index (Phi) is 6.12. The Morgan fingerprint density at radius 3 is 0.958 bits per heavy atom. The van der Waals surface area contributed by atoms with Crippen LogP contribution in [0.2, 0.25) is 39.3 Å². The first-order valence-electron chi connectivity index (χ1n) is 6.59. The lowest BCUT2D eigenvalue weighted by molar-refractivity contribution is -0.182. The van der Waals surface area contributed by atoms with Crippen LogP contribution < -0.4 is 0 Å². The van der Waals surface area contributed by atoms with Crippen LogP contribution in [0.4, 0.5) is 31.1 Å². The Balaban J connectivity index is 6.25. The lowest BCUT2D eigenvalue weighted by Crippen LogP contribution is -2.67. The number of alkyl halides is 6. The largest absolute Gasteiger partial charge is 0.471 e. The van der Waals surface area contributed by atoms with Gasteiger partial charge in [-0.1, -0.05) is 39.3 Å². The summed E-state index contributed by atoms with van der Waals surface area (Å²) in [6.45, 7) is 7.05. The molecule has 0 aliphatic heterocycles. The molecule has 0 aromatic rings. The second-order valence-corrected chi connectivity index (χ2v) is 16.5. The molecule has 0 aromatic heterocycles. The van der Waals surface area contributed by atoms with Crippen LogP contribution in [0.25, 0.3) is 0 Å². The van der Waals surface area contributed by atoms with E-state index in [0.717, 1.165) is 0 Å². The fourth-order valence-corrected chi connectivity index (χ4v) is 4.63. The Labute approximate surface area is 136 Å². The smallest absolute Gasteiger partial charge is 0.287 e. The third kappa shape index (κ3) is 5.32. The van der Waals surface area contributed by atoms with Gasteiger partial charge in [-0.15, -0.1) is 0 Å². The first-order chi connectivity index (χ1) is 10.2. The fraction of sp³-hybridized carbons (Fsp3) is 0.727. The van der Waals surface area contributed by atoms with Crippen molar-refractivity contribution in [3.8, 4) is 0 Å². The van der Waals surface area contributed by atoms with Gasteiger partial charge in [-0.05, 0) is 0 Å². The third-order valence-corrected chi connectivity index (χ3v) is 6.09. The molecule has 0 atom stereocenters. The molecule has 0 aliphatic rings. The van der Waals surface area contributed by atoms with Crippen molar-refractivity contribution < 1.29 is 40.7 Å². The van der Waals surface area contributed by atoms with Crippen molar-refractivity contribution in [1.82, 2.24) is 9.13 Å². The van der Waals surface area contributed by atoms with Crippen molar-refractivity contribution in [2.24, 2.45) is 0 Å². The van der Waals surface area contributed by atoms with Crippen LogP contribution in [-0.4, -0.2) is 55.8 Å². The number of urea groups is 1. The van der Waals surface area contributed by atoms with Gasteiger partial charge in [0.15, 0.2) is 16.5 Å². The molecule has 0 aliphatic carbocycles. The maximum Gasteiger partial charge on any atom is 0.471 e. The topological polar surface area (TPSA) is 57.7 Å². The average molecular weight is 396 g/mol. The molecule has 0 saturated carbocycles. The highest BCUT2D eigenvalue weighted by atomic mass is 28.3. The summed E-state index contributed by atoms with van der Waals surface area (Å²) >= 11 is 0. The molecular weight excluding hydrogens is 378 g/mol. The molecule has 0 radical (unpaired) electrons. The summed E-state index contributed by atoms with van der Waals surface area (Å²) < 4.78 is 76.0. The van der Waals surface area contributed by atoms with E-state index in [1.54, 1.807) is 0 Å². The van der Waals surface area contributed by atoms with E-state index in [-0.39, 0.29) is 9.13 Å². The molecule has 0 bridgehead atoms. The summed E-state index contributed by atoms with van der Waals surface area (Å²) in [6.07, 6.45) is -10.9. The van der Waals surface area contributed by atoms with Crippen molar-refractivity contribution in [1.29, 1.82) is 0 Å². The minimum absolute atomic E-state index is 0.227. The van der Waals surface area contributed by atoms with Gasteiger partial charge in [0.2, 0.25) is 0 Å². The minimum atomic E-state index is -5.46. The van der Waals surface area contributed by atoms with Gasteiger partial charge < -0.3 is 0 Å². The van der Waals surface area contributed by atoms with E-state index >= 15 is 0 Å². The number of carbonyl (C=O) groups excluding carboxylic acids is 3. The Morgan fingerprint density at radius 1 is 0.625 bits per heavy atom. The molecule has 0 rings (SSSR count). The van der Waals surface area contributed by atoms with Crippen LogP contribution in [0.5, 0.6) is 0 Å². The number of nitrogens with zero attached hydrogens (tertiary/aromatic N) is 2. The number of rotatable bonds is 2. The number of hydrogen-bond acceptors (Lipinski definition) is 3. The fourth-order valence-electron chi connectivity index (χ4n) is 1.71. The zero-order valence-electron chi connectivity index (χ0n) is 13.9. The highest BCUT2D eigenvalue weighted by Crippen LogP contribution is 2.28. The van der Waals surface area contributed by atoms with E-state index < -0.39 is 46.7 Å². The van der Waals surface area contributed by atoms with Crippen molar-refractivity contribution in [2.45, 2.75) is 51.6 Å². The van der Waals surface area contributed by atoms with Gasteiger partial charge in [-0.2, -0.15) is 26.3 Å². The quantitative estimate of drug-likeness (QED) is 0.530. The Hall–Kier alpha value is -1.38. The summed E-state index contributed by atoms with van der Waals surface area (Å²) in [5, 5.41) is 0. The third-order valence-electron chi connectivity index (χ3n) is 2.62. The molecule has 0 spiro atoms. The SMILES string of the molecule is C[Si](C)(C)N(C(=O)N(C(=O)C(F)(F)F)[Si](C)(C)C)C(=O)C(F)(F)F. The summed E-state index contributed by atoms with van der Waals surface area (Å²) in [5.41, 5.74) is 0. The number of halogens is 6. The van der Waals surface area contributed by atoms with E-state index in [2.05, 4.69) is 0 Å². The predicted molar refractivity (Wildman–Crippen MR) is 77.9 cm³/mol. The van der Waals surface area contributed by atoms with Crippen molar-refractivity contribution in [2.75, 3.05) is 0 Å². The van der Waals surface area contributed by atoms with Gasteiger partial charge in [0, 0.05) is 0 Å². The van der Waals surface area contributed by atoms with Crippen LogP contribution in [-0.2, 0) is 9.59 Å². The van der Waals surface area contributed by atoms with E-state index in [1.807, 2.05) is 0 Å². The molecule has 140 valence electrons. The number of hydrogen-bond donors (Lipinski definition) is 0. The van der Waals surface area contributed by atoms with E-state index in [9.17, 15) is 40.7 Å². The molecule has 0 fully saturated rings. The molecule has 0 saturated heterocycles. The lowest BCUT2D eigenvalue weighted by atomic mass is 10.5. The highest BCUT2D eigenvalue weighted by molar-refractivity contribution is 6.81. The van der Waals surface area contributed by atoms with Crippen LogP contribution >= 0.6 is 0 Å². The molecular formula is C11H18F6N2O3Si2. The highest BCUT2D eigenvalue weighted by Gasteiger charge is 2.55. The van der Waals surface area contributed by atoms with Crippen LogP contribution in [0.3, 0.4) is 0 Å².